The van der Waals surface area contributed by atoms with E-state index in [4.69, 9.17) is 19.2 Å². The minimum atomic E-state index is -0.891. The Morgan fingerprint density at radius 1 is 0.857 bits per heavy atom. The third-order valence-electron chi connectivity index (χ3n) is 14.0. The predicted octanol–water partition coefficient (Wildman–Crippen LogP) is 6.02. The summed E-state index contributed by atoms with van der Waals surface area (Å²) in [7, 11) is 1.97. The summed E-state index contributed by atoms with van der Waals surface area (Å²) in [6.45, 7) is 16.5. The number of aromatic nitrogens is 1. The highest BCUT2D eigenvalue weighted by atomic mass is 32.1. The van der Waals surface area contributed by atoms with Crippen molar-refractivity contribution in [2.75, 3.05) is 59.7 Å². The number of carbonyl (C=O) groups is 8. The van der Waals surface area contributed by atoms with Crippen molar-refractivity contribution >= 4 is 58.8 Å². The Bertz CT molecular complexity index is 2210. The van der Waals surface area contributed by atoms with Crippen molar-refractivity contribution in [3.63, 3.8) is 0 Å². The van der Waals surface area contributed by atoms with Gasteiger partial charge in [-0.05, 0) is 82.4 Å². The van der Waals surface area contributed by atoms with E-state index in [1.54, 1.807) is 12.3 Å². The molecule has 3 heterocycles. The van der Waals surface area contributed by atoms with Crippen molar-refractivity contribution in [2.45, 2.75) is 162 Å². The van der Waals surface area contributed by atoms with Crippen molar-refractivity contribution in [3.05, 3.63) is 64.1 Å². The number of ether oxygens (including phenoxy) is 3. The number of benzene rings is 1. The second-order valence-electron chi connectivity index (χ2n) is 20.6. The lowest BCUT2D eigenvalue weighted by Crippen LogP contribution is -2.58. The summed E-state index contributed by atoms with van der Waals surface area (Å²) in [5.74, 6) is -2.62. The summed E-state index contributed by atoms with van der Waals surface area (Å²) in [6.07, 6.45) is 9.35. The van der Waals surface area contributed by atoms with Crippen molar-refractivity contribution in [1.82, 2.24) is 46.5 Å². The number of piperidine rings is 1. The molecule has 1 fully saturated rings. The number of carbonyl (C=O) groups excluding carboxylic acids is 8. The molecule has 0 saturated carbocycles. The molecule has 8 amide bonds. The fraction of sp³-hybridized carbons (Fsp3) is 0.661. The fourth-order valence-corrected chi connectivity index (χ4v) is 10.3. The van der Waals surface area contributed by atoms with Crippen molar-refractivity contribution < 1.29 is 52.6 Å². The SMILES string of the molecule is CCCO[C@H](C[C@H](C(C)C)N(CCC)C(=O)[C@@H](NC(=O)[C@H]1CCCCN1C)[C@@H](C)CC)c1nc(C(=O)N[C@@H](Cc2ccccc2)C[C@H](C)C(=O)NNC(=O)OCCOCCNC(=O)CCCCCN2C(=O)C=CC2=O)cs1. The highest BCUT2D eigenvalue weighted by molar-refractivity contribution is 7.09. The Hall–Kier alpha value is -5.77. The lowest BCUT2D eigenvalue weighted by molar-refractivity contribution is -0.143. The van der Waals surface area contributed by atoms with Crippen molar-refractivity contribution in [3.8, 4) is 0 Å². The first kappa shape index (κ1) is 63.8. The molecule has 1 aromatic heterocycles. The molecule has 2 aliphatic rings. The standard InChI is InChI=1S/C56H87N9O11S/c1-9-27-64(55(72)50(39(6)11-3)60-53(71)44-22-17-19-28-63(44)8)45(38(4)5)36-46(75-30-10-2)54-59-43(37-77-54)52(70)58-42(35-41-20-14-12-15-21-41)34-40(7)51(69)61-62-56(73)76-33-32-74-31-26-57-47(66)23-16-13-18-29-65-48(67)24-25-49(65)68/h12,14-15,20-21,24-25,37-40,42,44-46,50H,9-11,13,16-19,22-23,26-36H2,1-8H3,(H,57,66)(H,58,70)(H,60,71)(H,61,69)(H,62,73)/t39-,40-,42+,44+,45+,46+,50-/m0/s1. The van der Waals surface area contributed by atoms with E-state index in [1.807, 2.05) is 70.0 Å². The highest BCUT2D eigenvalue weighted by Gasteiger charge is 2.38. The summed E-state index contributed by atoms with van der Waals surface area (Å²) in [5.41, 5.74) is 5.81. The van der Waals surface area contributed by atoms with E-state index in [0.717, 1.165) is 44.2 Å². The first-order valence-electron chi connectivity index (χ1n) is 27.8. The van der Waals surface area contributed by atoms with Crippen LogP contribution in [0, 0.1) is 17.8 Å². The number of nitrogens with zero attached hydrogens (tertiary/aromatic N) is 4. The number of hydrogen-bond donors (Lipinski definition) is 5. The van der Waals surface area contributed by atoms with E-state index < -0.39 is 42.0 Å². The van der Waals surface area contributed by atoms with Crippen LogP contribution >= 0.6 is 11.3 Å². The average Bonchev–Trinajstić information content (AvgIpc) is 4.04. The molecule has 428 valence electrons. The van der Waals surface area contributed by atoms with E-state index in [2.05, 4.69) is 45.5 Å². The van der Waals surface area contributed by atoms with Gasteiger partial charge in [-0.15, -0.1) is 11.3 Å². The van der Waals surface area contributed by atoms with Crippen LogP contribution in [0.3, 0.4) is 0 Å². The van der Waals surface area contributed by atoms with Crippen LogP contribution in [0.15, 0.2) is 47.9 Å². The van der Waals surface area contributed by atoms with Gasteiger partial charge >= 0.3 is 6.09 Å². The van der Waals surface area contributed by atoms with Gasteiger partial charge in [-0.3, -0.25) is 48.8 Å². The fourth-order valence-electron chi connectivity index (χ4n) is 9.40. The van der Waals surface area contributed by atoms with Gasteiger partial charge in [0.2, 0.25) is 23.6 Å². The Kier molecular flexibility index (Phi) is 28.3. The summed E-state index contributed by atoms with van der Waals surface area (Å²) in [6, 6.07) is 7.87. The molecular formula is C56H87N9O11S. The van der Waals surface area contributed by atoms with Gasteiger partial charge < -0.3 is 35.1 Å². The minimum Gasteiger partial charge on any atom is -0.446 e. The van der Waals surface area contributed by atoms with Gasteiger partial charge in [0.05, 0.1) is 19.3 Å². The largest absolute Gasteiger partial charge is 0.446 e. The molecule has 0 spiro atoms. The van der Waals surface area contributed by atoms with Crippen LogP contribution in [-0.4, -0.2) is 151 Å². The van der Waals surface area contributed by atoms with Crippen LogP contribution in [0.5, 0.6) is 0 Å². The first-order valence-corrected chi connectivity index (χ1v) is 28.7. The van der Waals surface area contributed by atoms with Crippen molar-refractivity contribution in [2.24, 2.45) is 17.8 Å². The molecule has 0 aliphatic carbocycles. The maximum atomic E-state index is 14.8. The monoisotopic (exact) mass is 1090 g/mol. The lowest BCUT2D eigenvalue weighted by atomic mass is 9.92. The number of likely N-dealkylation sites (tertiary alicyclic amines) is 1. The minimum absolute atomic E-state index is 0.0278. The molecule has 1 aromatic carbocycles. The number of unbranched alkanes of at least 4 members (excludes halogenated alkanes) is 2. The van der Waals surface area contributed by atoms with Crippen LogP contribution in [-0.2, 0) is 49.4 Å². The summed E-state index contributed by atoms with van der Waals surface area (Å²) < 4.78 is 17.1. The molecule has 7 atom stereocenters. The Morgan fingerprint density at radius 3 is 2.27 bits per heavy atom. The number of rotatable bonds is 34. The predicted molar refractivity (Wildman–Crippen MR) is 294 cm³/mol. The number of hydrogen-bond acceptors (Lipinski definition) is 14. The van der Waals surface area contributed by atoms with Crippen molar-refractivity contribution in [1.29, 1.82) is 0 Å². The topological polar surface area (TPSA) is 247 Å². The molecule has 5 N–H and O–H groups in total. The smallest absolute Gasteiger partial charge is 0.426 e. The van der Waals surface area contributed by atoms with Gasteiger partial charge in [-0.1, -0.05) is 98.1 Å². The van der Waals surface area contributed by atoms with Crippen LogP contribution in [0.2, 0.25) is 0 Å². The van der Waals surface area contributed by atoms with Gasteiger partial charge in [0.1, 0.15) is 29.5 Å². The quantitative estimate of drug-likeness (QED) is 0.0306. The number of nitrogens with one attached hydrogen (secondary N) is 5. The molecule has 0 radical (unpaired) electrons. The Morgan fingerprint density at radius 2 is 1.60 bits per heavy atom. The summed E-state index contributed by atoms with van der Waals surface area (Å²) in [5, 5.41) is 11.4. The van der Waals surface area contributed by atoms with Gasteiger partial charge in [-0.25, -0.2) is 15.2 Å². The molecule has 0 unspecified atom stereocenters. The van der Waals surface area contributed by atoms with Gasteiger partial charge in [0.15, 0.2) is 0 Å². The molecule has 1 saturated heterocycles. The number of amides is 8. The second kappa shape index (κ2) is 34.2. The van der Waals surface area contributed by atoms with E-state index in [-0.39, 0.29) is 91.9 Å². The Balaban J connectivity index is 1.29. The van der Waals surface area contributed by atoms with Crippen LogP contribution in [0.25, 0.3) is 0 Å². The molecule has 0 bridgehead atoms. The third-order valence-corrected chi connectivity index (χ3v) is 15.0. The van der Waals surface area contributed by atoms with Gasteiger partial charge in [0.25, 0.3) is 17.7 Å². The molecule has 2 aliphatic heterocycles. The zero-order valence-corrected chi connectivity index (χ0v) is 47.6. The number of imide groups is 1. The number of hydrazine groups is 1. The van der Waals surface area contributed by atoms with Crippen LogP contribution in [0.1, 0.15) is 153 Å². The summed E-state index contributed by atoms with van der Waals surface area (Å²) >= 11 is 1.32. The van der Waals surface area contributed by atoms with Gasteiger partial charge in [-0.2, -0.15) is 0 Å². The van der Waals surface area contributed by atoms with Crippen LogP contribution < -0.4 is 26.8 Å². The lowest BCUT2D eigenvalue weighted by Gasteiger charge is -2.40. The molecular weight excluding hydrogens is 1010 g/mol. The van der Waals surface area contributed by atoms with E-state index in [9.17, 15) is 38.4 Å². The molecule has 77 heavy (non-hydrogen) atoms. The normalized spacial score (nSPS) is 17.0. The zero-order valence-electron chi connectivity index (χ0n) is 46.8. The number of thiazole rings is 1. The maximum absolute atomic E-state index is 14.8. The molecule has 2 aromatic rings. The van der Waals surface area contributed by atoms with E-state index in [1.165, 1.54) is 28.4 Å². The molecule has 21 heteroatoms. The Labute approximate surface area is 459 Å². The first-order chi connectivity index (χ1) is 37.0. The maximum Gasteiger partial charge on any atom is 0.426 e. The molecule has 20 nitrogen and oxygen atoms in total. The zero-order chi connectivity index (χ0) is 56.3. The van der Waals surface area contributed by atoms with Gasteiger partial charge in [0, 0.05) is 74.6 Å². The second-order valence-corrected chi connectivity index (χ2v) is 21.4. The van der Waals surface area contributed by atoms with E-state index >= 15 is 0 Å². The average molecular weight is 1090 g/mol. The van der Waals surface area contributed by atoms with Crippen LogP contribution in [0.4, 0.5) is 4.79 Å². The van der Waals surface area contributed by atoms with E-state index in [0.29, 0.717) is 69.6 Å². The highest BCUT2D eigenvalue weighted by Crippen LogP contribution is 2.32. The molecule has 4 rings (SSSR count). The summed E-state index contributed by atoms with van der Waals surface area (Å²) in [4.78, 5) is 114. The third kappa shape index (κ3) is 21.5. The number of likely N-dealkylation sites (N-methyl/N-ethyl adjacent to an activating group) is 1.